The smallest absolute Gasteiger partial charge is 0.106 e. The summed E-state index contributed by atoms with van der Waals surface area (Å²) in [5, 5.41) is 0. The minimum atomic E-state index is -0.595. The van der Waals surface area contributed by atoms with E-state index in [0.29, 0.717) is 11.8 Å². The first-order valence-electron chi connectivity index (χ1n) is 13.2. The summed E-state index contributed by atoms with van der Waals surface area (Å²) in [7, 11) is 0. The van der Waals surface area contributed by atoms with Crippen molar-refractivity contribution in [2.45, 2.75) is 44.9 Å². The Morgan fingerprint density at radius 1 is 0.568 bits per heavy atom. The van der Waals surface area contributed by atoms with Gasteiger partial charge in [0.1, 0.15) is 5.41 Å². The van der Waals surface area contributed by atoms with E-state index in [1.54, 1.807) is 0 Å². The zero-order chi connectivity index (χ0) is 25.6. The molecule has 0 amide bonds. The lowest BCUT2D eigenvalue weighted by Gasteiger charge is -2.32. The van der Waals surface area contributed by atoms with E-state index in [9.17, 15) is 0 Å². The van der Waals surface area contributed by atoms with Gasteiger partial charge in [0.2, 0.25) is 0 Å². The molecular weight excluding hydrogens is 448 g/mol. The predicted molar refractivity (Wildman–Crippen MR) is 153 cm³/mol. The fourth-order valence-corrected chi connectivity index (χ4v) is 5.77. The van der Waals surface area contributed by atoms with E-state index < -0.39 is 5.41 Å². The molecule has 37 heavy (non-hydrogen) atoms. The Balaban J connectivity index is 1.72. The van der Waals surface area contributed by atoms with Crippen molar-refractivity contribution in [3.8, 4) is 22.4 Å². The number of hydrogen-bond acceptors (Lipinski definition) is 2. The minimum Gasteiger partial charge on any atom is -0.260 e. The Morgan fingerprint density at radius 2 is 1.16 bits per heavy atom. The van der Waals surface area contributed by atoms with Crippen LogP contribution in [0.1, 0.15) is 73.2 Å². The van der Waals surface area contributed by atoms with E-state index in [2.05, 4.69) is 119 Å². The van der Waals surface area contributed by atoms with Crippen LogP contribution >= 0.6 is 0 Å². The van der Waals surface area contributed by atoms with Crippen molar-refractivity contribution >= 4 is 0 Å². The van der Waals surface area contributed by atoms with Crippen LogP contribution in [0.3, 0.4) is 0 Å². The van der Waals surface area contributed by atoms with E-state index in [-0.39, 0.29) is 0 Å². The highest BCUT2D eigenvalue weighted by Gasteiger charge is 2.48. The molecule has 0 radical (unpaired) electrons. The van der Waals surface area contributed by atoms with Crippen molar-refractivity contribution in [1.82, 2.24) is 9.97 Å². The Morgan fingerprint density at radius 3 is 1.73 bits per heavy atom. The third-order valence-electron chi connectivity index (χ3n) is 7.77. The van der Waals surface area contributed by atoms with Gasteiger partial charge >= 0.3 is 0 Å². The molecule has 0 saturated carbocycles. The second-order valence-corrected chi connectivity index (χ2v) is 10.7. The number of benzene rings is 3. The Labute approximate surface area is 220 Å². The summed E-state index contributed by atoms with van der Waals surface area (Å²) in [5.74, 6) is 0.901. The van der Waals surface area contributed by atoms with Gasteiger partial charge < -0.3 is 0 Å². The van der Waals surface area contributed by atoms with Crippen LogP contribution in [0.2, 0.25) is 0 Å². The van der Waals surface area contributed by atoms with Crippen LogP contribution < -0.4 is 0 Å². The molecule has 5 aromatic rings. The third-order valence-corrected chi connectivity index (χ3v) is 7.77. The minimum absolute atomic E-state index is 0.450. The van der Waals surface area contributed by atoms with Gasteiger partial charge in [-0.1, -0.05) is 107 Å². The second kappa shape index (κ2) is 9.12. The maximum absolute atomic E-state index is 5.35. The van der Waals surface area contributed by atoms with E-state index in [0.717, 1.165) is 22.6 Å². The van der Waals surface area contributed by atoms with Gasteiger partial charge in [0.05, 0.1) is 17.1 Å². The van der Waals surface area contributed by atoms with Crippen LogP contribution in [0.5, 0.6) is 0 Å². The van der Waals surface area contributed by atoms with Crippen LogP contribution in [0.4, 0.5) is 0 Å². The van der Waals surface area contributed by atoms with Gasteiger partial charge in [-0.25, -0.2) is 0 Å². The van der Waals surface area contributed by atoms with Crippen LogP contribution in [-0.2, 0) is 5.41 Å². The molecular formula is C35H32N2. The summed E-state index contributed by atoms with van der Waals surface area (Å²) >= 11 is 0. The quantitative estimate of drug-likeness (QED) is 0.246. The monoisotopic (exact) mass is 480 g/mol. The maximum atomic E-state index is 5.35. The summed E-state index contributed by atoms with van der Waals surface area (Å²) in [6.07, 6.45) is 1.90. The highest BCUT2D eigenvalue weighted by Crippen LogP contribution is 2.56. The normalized spacial score (nSPS) is 13.6. The summed E-state index contributed by atoms with van der Waals surface area (Å²) in [5.41, 5.74) is 11.3. The van der Waals surface area contributed by atoms with Gasteiger partial charge in [-0.15, -0.1) is 0 Å². The lowest BCUT2D eigenvalue weighted by Crippen LogP contribution is -2.31. The molecule has 0 fully saturated rings. The van der Waals surface area contributed by atoms with Gasteiger partial charge in [-0.2, -0.15) is 0 Å². The number of hydrogen-bond donors (Lipinski definition) is 0. The van der Waals surface area contributed by atoms with Gasteiger partial charge in [0.25, 0.3) is 0 Å². The summed E-state index contributed by atoms with van der Waals surface area (Å²) in [4.78, 5) is 10.3. The number of rotatable bonds is 5. The molecule has 0 N–H and O–H groups in total. The maximum Gasteiger partial charge on any atom is 0.106 e. The van der Waals surface area contributed by atoms with Gasteiger partial charge in [-0.3, -0.25) is 9.97 Å². The molecule has 2 nitrogen and oxygen atoms in total. The van der Waals surface area contributed by atoms with Crippen molar-refractivity contribution in [3.05, 3.63) is 143 Å². The molecule has 182 valence electrons. The first-order valence-corrected chi connectivity index (χ1v) is 13.2. The van der Waals surface area contributed by atoms with Gasteiger partial charge in [0, 0.05) is 11.8 Å². The predicted octanol–water partition coefficient (Wildman–Crippen LogP) is 8.75. The number of aromatic nitrogens is 2. The largest absolute Gasteiger partial charge is 0.260 e. The molecule has 2 heteroatoms. The zero-order valence-electron chi connectivity index (χ0n) is 21.9. The average molecular weight is 481 g/mol. The number of fused-ring (bicyclic) bond motifs is 3. The van der Waals surface area contributed by atoms with E-state index in [1.807, 2.05) is 18.3 Å². The van der Waals surface area contributed by atoms with E-state index in [1.165, 1.54) is 33.4 Å². The topological polar surface area (TPSA) is 25.8 Å². The van der Waals surface area contributed by atoms with Crippen LogP contribution in [0.25, 0.3) is 22.4 Å². The zero-order valence-corrected chi connectivity index (χ0v) is 21.9. The first kappa shape index (κ1) is 23.4. The molecule has 3 aromatic carbocycles. The molecule has 2 heterocycles. The lowest BCUT2D eigenvalue weighted by molar-refractivity contribution is 0.705. The molecule has 0 saturated heterocycles. The van der Waals surface area contributed by atoms with Crippen LogP contribution in [0.15, 0.2) is 109 Å². The van der Waals surface area contributed by atoms with Gasteiger partial charge in [0.15, 0.2) is 0 Å². The van der Waals surface area contributed by atoms with Gasteiger partial charge in [-0.05, 0) is 69.5 Å². The number of pyridine rings is 2. The fraction of sp³-hybridized carbons (Fsp3) is 0.200. The highest BCUT2D eigenvalue weighted by molar-refractivity contribution is 5.86. The Kier molecular flexibility index (Phi) is 5.76. The number of nitrogens with zero attached hydrogens (tertiary/aromatic N) is 2. The first-order chi connectivity index (χ1) is 18.0. The molecule has 0 spiro atoms. The summed E-state index contributed by atoms with van der Waals surface area (Å²) < 4.78 is 0. The lowest BCUT2D eigenvalue weighted by atomic mass is 9.71. The fourth-order valence-electron chi connectivity index (χ4n) is 5.77. The van der Waals surface area contributed by atoms with Crippen molar-refractivity contribution in [1.29, 1.82) is 0 Å². The highest BCUT2D eigenvalue weighted by atomic mass is 14.8. The van der Waals surface area contributed by atoms with Crippen molar-refractivity contribution < 1.29 is 0 Å². The summed E-state index contributed by atoms with van der Waals surface area (Å²) in [6.45, 7) is 9.05. The van der Waals surface area contributed by atoms with Crippen LogP contribution in [0, 0.1) is 0 Å². The Bertz CT molecular complexity index is 1510. The summed E-state index contributed by atoms with van der Waals surface area (Å²) in [6, 6.07) is 37.1. The van der Waals surface area contributed by atoms with E-state index in [4.69, 9.17) is 9.97 Å². The molecule has 6 rings (SSSR count). The molecule has 0 aliphatic heterocycles. The Hall–Kier alpha value is -4.04. The van der Waals surface area contributed by atoms with E-state index >= 15 is 0 Å². The molecule has 0 bridgehead atoms. The molecule has 1 aliphatic rings. The molecule has 0 unspecified atom stereocenters. The standard InChI is InChI=1S/C35H32N2/c1-23(2)26-16-18-30-28(21-26)29-22-27(24(3)4)17-19-31(29)35(30,33-14-8-9-20-36-33)34-15-10-13-32(37-34)25-11-6-5-7-12-25/h5-24H,1-4H3. The van der Waals surface area contributed by atoms with Crippen LogP contribution in [-0.4, -0.2) is 9.97 Å². The second-order valence-electron chi connectivity index (χ2n) is 10.7. The van der Waals surface area contributed by atoms with Crippen molar-refractivity contribution in [3.63, 3.8) is 0 Å². The molecule has 0 atom stereocenters. The SMILES string of the molecule is CC(C)c1ccc2c(c1)-c1cc(C(C)C)ccc1C2(c1ccccn1)c1cccc(-c2ccccc2)n1. The molecule has 1 aliphatic carbocycles. The molecule has 2 aromatic heterocycles. The average Bonchev–Trinajstić information content (AvgIpc) is 3.24. The van der Waals surface area contributed by atoms with Crippen molar-refractivity contribution in [2.24, 2.45) is 0 Å². The van der Waals surface area contributed by atoms with Crippen molar-refractivity contribution in [2.75, 3.05) is 0 Å². The third kappa shape index (κ3) is 3.71.